The van der Waals surface area contributed by atoms with Crippen molar-refractivity contribution in [2.75, 3.05) is 26.2 Å². The molecule has 4 rings (SSSR count). The lowest BCUT2D eigenvalue weighted by molar-refractivity contribution is -0.128. The molecule has 33 heavy (non-hydrogen) atoms. The summed E-state index contributed by atoms with van der Waals surface area (Å²) in [7, 11) is 0. The molecule has 178 valence electrons. The van der Waals surface area contributed by atoms with Crippen LogP contribution in [0.4, 0.5) is 0 Å². The molecule has 2 aliphatic rings. The highest BCUT2D eigenvalue weighted by Gasteiger charge is 2.35. The fourth-order valence-corrected chi connectivity index (χ4v) is 5.12. The van der Waals surface area contributed by atoms with Gasteiger partial charge in [0.2, 0.25) is 0 Å². The molecule has 0 saturated carbocycles. The van der Waals surface area contributed by atoms with Crippen LogP contribution < -0.4 is 14.8 Å². The van der Waals surface area contributed by atoms with E-state index in [0.717, 1.165) is 63.4 Å². The van der Waals surface area contributed by atoms with E-state index in [1.54, 1.807) is 0 Å². The molecular weight excluding hydrogens is 412 g/mol. The average molecular weight is 451 g/mol. The van der Waals surface area contributed by atoms with Gasteiger partial charge in [0.05, 0.1) is 6.61 Å². The Labute approximate surface area is 198 Å². The number of carbonyl (C=O) groups is 1. The number of hydrogen-bond donors (Lipinski definition) is 1. The van der Waals surface area contributed by atoms with Crippen molar-refractivity contribution in [3.05, 3.63) is 59.7 Å². The number of aryl methyl sites for hydroxylation is 1. The maximum absolute atomic E-state index is 12.8. The predicted molar refractivity (Wildman–Crippen MR) is 132 cm³/mol. The van der Waals surface area contributed by atoms with E-state index < -0.39 is 6.10 Å². The number of carbonyl (C=O) groups excluding carboxylic acids is 1. The molecule has 2 heterocycles. The predicted octanol–water partition coefficient (Wildman–Crippen LogP) is 4.98. The van der Waals surface area contributed by atoms with E-state index in [1.807, 2.05) is 26.0 Å². The number of piperidine rings is 1. The summed E-state index contributed by atoms with van der Waals surface area (Å²) in [6.45, 7) is 8.41. The molecule has 0 aliphatic carbocycles. The van der Waals surface area contributed by atoms with Crippen LogP contribution in [0.2, 0.25) is 0 Å². The molecule has 0 radical (unpaired) electrons. The number of nitrogens with one attached hydrogen (secondary N) is 1. The molecular formula is C28H38N2O3. The zero-order valence-corrected chi connectivity index (χ0v) is 20.1. The van der Waals surface area contributed by atoms with E-state index in [0.29, 0.717) is 6.61 Å². The number of rotatable bonds is 4. The largest absolute Gasteiger partial charge is 0.494 e. The third-order valence-electron chi connectivity index (χ3n) is 7.24. The molecule has 0 bridgehead atoms. The molecule has 0 unspecified atom stereocenters. The number of hydrogen-bond acceptors (Lipinski definition) is 4. The zero-order valence-electron chi connectivity index (χ0n) is 20.1. The van der Waals surface area contributed by atoms with Crippen LogP contribution >= 0.6 is 0 Å². The first kappa shape index (κ1) is 23.6. The van der Waals surface area contributed by atoms with E-state index in [1.165, 1.54) is 24.0 Å². The highest BCUT2D eigenvalue weighted by atomic mass is 16.5. The first-order chi connectivity index (χ1) is 16.1. The van der Waals surface area contributed by atoms with Crippen LogP contribution in [0.15, 0.2) is 48.5 Å². The van der Waals surface area contributed by atoms with Crippen LogP contribution in [0.25, 0.3) is 0 Å². The van der Waals surface area contributed by atoms with Crippen LogP contribution in [-0.4, -0.2) is 43.2 Å². The molecule has 1 saturated heterocycles. The summed E-state index contributed by atoms with van der Waals surface area (Å²) in [6.07, 6.45) is 6.26. The maximum atomic E-state index is 12.8. The van der Waals surface area contributed by atoms with Gasteiger partial charge in [0.25, 0.3) is 5.91 Å². The Morgan fingerprint density at radius 2 is 1.82 bits per heavy atom. The van der Waals surface area contributed by atoms with E-state index in [4.69, 9.17) is 9.47 Å². The van der Waals surface area contributed by atoms with Gasteiger partial charge in [-0.1, -0.05) is 36.8 Å². The van der Waals surface area contributed by atoms with Crippen LogP contribution in [0.5, 0.6) is 11.5 Å². The van der Waals surface area contributed by atoms with Crippen LogP contribution in [0.1, 0.15) is 57.1 Å². The number of para-hydroxylation sites is 1. The molecule has 2 aliphatic heterocycles. The molecule has 5 nitrogen and oxygen atoms in total. The minimum absolute atomic E-state index is 0.0124. The summed E-state index contributed by atoms with van der Waals surface area (Å²) in [5, 5.41) is 3.23. The summed E-state index contributed by atoms with van der Waals surface area (Å²) in [5.41, 5.74) is 2.71. The number of amides is 1. The summed E-state index contributed by atoms with van der Waals surface area (Å²) in [4.78, 5) is 15.3. The molecule has 0 aromatic heterocycles. The van der Waals surface area contributed by atoms with Gasteiger partial charge in [-0.15, -0.1) is 0 Å². The lowest BCUT2D eigenvalue weighted by Gasteiger charge is -2.42. The van der Waals surface area contributed by atoms with Gasteiger partial charge in [-0.2, -0.15) is 0 Å². The molecule has 2 aromatic carbocycles. The second kappa shape index (κ2) is 11.1. The summed E-state index contributed by atoms with van der Waals surface area (Å²) < 4.78 is 11.6. The zero-order chi connectivity index (χ0) is 23.1. The Morgan fingerprint density at radius 1 is 1.06 bits per heavy atom. The maximum Gasteiger partial charge on any atom is 0.260 e. The van der Waals surface area contributed by atoms with Crippen molar-refractivity contribution < 1.29 is 14.3 Å². The van der Waals surface area contributed by atoms with Crippen molar-refractivity contribution in [2.24, 2.45) is 5.41 Å². The minimum Gasteiger partial charge on any atom is -0.494 e. The quantitative estimate of drug-likeness (QED) is 0.714. The third kappa shape index (κ3) is 6.29. The Morgan fingerprint density at radius 3 is 2.58 bits per heavy atom. The van der Waals surface area contributed by atoms with Crippen molar-refractivity contribution in [3.63, 3.8) is 0 Å². The number of benzene rings is 2. The Hall–Kier alpha value is -2.53. The monoisotopic (exact) mass is 450 g/mol. The lowest BCUT2D eigenvalue weighted by atomic mass is 9.74. The Bertz CT molecular complexity index is 904. The van der Waals surface area contributed by atoms with Crippen molar-refractivity contribution in [2.45, 2.75) is 65.0 Å². The SMILES string of the molecule is CCOc1ccc(CN2CCC3(CCCCc4ccccc4O[C@H](C)C(=O)NC3)CC2)cc1. The molecule has 5 heteroatoms. The highest BCUT2D eigenvalue weighted by Crippen LogP contribution is 2.37. The Balaban J connectivity index is 1.36. The van der Waals surface area contributed by atoms with Crippen molar-refractivity contribution in [1.82, 2.24) is 10.2 Å². The van der Waals surface area contributed by atoms with Gasteiger partial charge in [0, 0.05) is 13.1 Å². The Kier molecular flexibility index (Phi) is 7.92. The van der Waals surface area contributed by atoms with Gasteiger partial charge in [0.15, 0.2) is 6.10 Å². The topological polar surface area (TPSA) is 50.8 Å². The first-order valence-electron chi connectivity index (χ1n) is 12.5. The van der Waals surface area contributed by atoms with Crippen LogP contribution in [-0.2, 0) is 17.8 Å². The van der Waals surface area contributed by atoms with Crippen LogP contribution in [0, 0.1) is 5.41 Å². The summed E-state index contributed by atoms with van der Waals surface area (Å²) in [5.74, 6) is 1.77. The lowest BCUT2D eigenvalue weighted by Crippen LogP contribution is -2.48. The molecule has 2 aromatic rings. The molecule has 1 atom stereocenters. The third-order valence-corrected chi connectivity index (χ3v) is 7.24. The normalized spacial score (nSPS) is 21.8. The van der Waals surface area contributed by atoms with Gasteiger partial charge in [-0.05, 0) is 93.8 Å². The fourth-order valence-electron chi connectivity index (χ4n) is 5.12. The van der Waals surface area contributed by atoms with Gasteiger partial charge in [-0.3, -0.25) is 9.69 Å². The molecule has 1 fully saturated rings. The number of likely N-dealkylation sites (tertiary alicyclic amines) is 1. The van der Waals surface area contributed by atoms with Gasteiger partial charge >= 0.3 is 0 Å². The molecule has 1 N–H and O–H groups in total. The van der Waals surface area contributed by atoms with E-state index in [-0.39, 0.29) is 11.3 Å². The standard InChI is InChI=1S/C28H38N2O3/c1-3-32-25-13-11-23(12-14-25)20-30-18-16-28(17-19-30)15-7-6-9-24-8-4-5-10-26(24)33-22(2)27(31)29-21-28/h4-5,8,10-14,22H,3,6-7,9,15-21H2,1-2H3,(H,29,31)/t22-/m1/s1. The summed E-state index contributed by atoms with van der Waals surface area (Å²) >= 11 is 0. The van der Waals surface area contributed by atoms with E-state index >= 15 is 0 Å². The number of nitrogens with zero attached hydrogens (tertiary/aromatic N) is 1. The van der Waals surface area contributed by atoms with Gasteiger partial charge in [-0.25, -0.2) is 0 Å². The second-order valence-corrected chi connectivity index (χ2v) is 9.65. The van der Waals surface area contributed by atoms with E-state index in [9.17, 15) is 4.79 Å². The average Bonchev–Trinajstić information content (AvgIpc) is 2.83. The van der Waals surface area contributed by atoms with Crippen molar-refractivity contribution in [3.8, 4) is 11.5 Å². The van der Waals surface area contributed by atoms with Gasteiger partial charge in [0.1, 0.15) is 11.5 Å². The van der Waals surface area contributed by atoms with Gasteiger partial charge < -0.3 is 14.8 Å². The van der Waals surface area contributed by atoms with Crippen molar-refractivity contribution >= 4 is 5.91 Å². The fraction of sp³-hybridized carbons (Fsp3) is 0.536. The number of ether oxygens (including phenoxy) is 2. The summed E-state index contributed by atoms with van der Waals surface area (Å²) in [6, 6.07) is 16.6. The molecule has 1 spiro atoms. The number of fused-ring (bicyclic) bond motifs is 1. The highest BCUT2D eigenvalue weighted by molar-refractivity contribution is 5.80. The molecule has 1 amide bonds. The minimum atomic E-state index is -0.484. The van der Waals surface area contributed by atoms with Crippen molar-refractivity contribution in [1.29, 1.82) is 0 Å². The first-order valence-corrected chi connectivity index (χ1v) is 12.5. The second-order valence-electron chi connectivity index (χ2n) is 9.65. The van der Waals surface area contributed by atoms with Crippen LogP contribution in [0.3, 0.4) is 0 Å². The smallest absolute Gasteiger partial charge is 0.260 e. The van der Waals surface area contributed by atoms with E-state index in [2.05, 4.69) is 46.6 Å².